The van der Waals surface area contributed by atoms with Crippen molar-refractivity contribution >= 4 is 5.82 Å². The molecule has 4 rings (SSSR count). The fraction of sp³-hybridized carbons (Fsp3) is 0.278. The highest BCUT2D eigenvalue weighted by molar-refractivity contribution is 5.68. The van der Waals surface area contributed by atoms with Gasteiger partial charge in [-0.2, -0.15) is 5.10 Å². The van der Waals surface area contributed by atoms with Gasteiger partial charge in [-0.25, -0.2) is 4.68 Å². The molecule has 1 aliphatic heterocycles. The minimum Gasteiger partial charge on any atom is -0.507 e. The van der Waals surface area contributed by atoms with Gasteiger partial charge in [0.05, 0.1) is 11.4 Å². The van der Waals surface area contributed by atoms with Gasteiger partial charge in [0.25, 0.3) is 0 Å². The highest BCUT2D eigenvalue weighted by Crippen LogP contribution is 2.29. The molecule has 0 unspecified atom stereocenters. The van der Waals surface area contributed by atoms with Gasteiger partial charge < -0.3 is 15.7 Å². The molecule has 128 valence electrons. The van der Waals surface area contributed by atoms with Crippen molar-refractivity contribution in [1.82, 2.24) is 25.3 Å². The van der Waals surface area contributed by atoms with Crippen molar-refractivity contribution in [2.45, 2.75) is 18.9 Å². The first kappa shape index (κ1) is 15.6. The summed E-state index contributed by atoms with van der Waals surface area (Å²) in [5.41, 5.74) is 2.08. The largest absolute Gasteiger partial charge is 0.507 e. The number of rotatable bonds is 4. The lowest BCUT2D eigenvalue weighted by atomic mass is 10.1. The van der Waals surface area contributed by atoms with Crippen molar-refractivity contribution in [3.05, 3.63) is 48.8 Å². The molecule has 25 heavy (non-hydrogen) atoms. The molecule has 0 radical (unpaired) electrons. The summed E-state index contributed by atoms with van der Waals surface area (Å²) in [6.45, 7) is 2.05. The predicted octanol–water partition coefficient (Wildman–Crippen LogP) is 2.20. The van der Waals surface area contributed by atoms with Crippen molar-refractivity contribution < 1.29 is 5.11 Å². The van der Waals surface area contributed by atoms with Crippen LogP contribution in [0.5, 0.6) is 5.75 Å². The van der Waals surface area contributed by atoms with E-state index in [0.29, 0.717) is 17.3 Å². The summed E-state index contributed by atoms with van der Waals surface area (Å²) in [4.78, 5) is 0. The van der Waals surface area contributed by atoms with Gasteiger partial charge in [0.2, 0.25) is 0 Å². The summed E-state index contributed by atoms with van der Waals surface area (Å²) in [6, 6.07) is 11.4. The van der Waals surface area contributed by atoms with E-state index in [4.69, 9.17) is 0 Å². The number of hydrogen-bond acceptors (Lipinski definition) is 6. The second-order valence-electron chi connectivity index (χ2n) is 6.12. The molecule has 7 heteroatoms. The van der Waals surface area contributed by atoms with Crippen LogP contribution in [-0.2, 0) is 0 Å². The van der Waals surface area contributed by atoms with E-state index in [1.807, 2.05) is 36.5 Å². The molecular formula is C18H20N6O. The summed E-state index contributed by atoms with van der Waals surface area (Å²) < 4.78 is 1.70. The van der Waals surface area contributed by atoms with Gasteiger partial charge in [-0.3, -0.25) is 0 Å². The normalized spacial score (nSPS) is 15.2. The Morgan fingerprint density at radius 3 is 2.68 bits per heavy atom. The third-order valence-corrected chi connectivity index (χ3v) is 4.38. The smallest absolute Gasteiger partial charge is 0.148 e. The molecule has 1 fully saturated rings. The molecule has 1 aromatic carbocycles. The van der Waals surface area contributed by atoms with Gasteiger partial charge in [-0.15, -0.1) is 10.2 Å². The van der Waals surface area contributed by atoms with E-state index >= 15 is 0 Å². The van der Waals surface area contributed by atoms with Crippen LogP contribution in [0.15, 0.2) is 48.8 Å². The van der Waals surface area contributed by atoms with Crippen LogP contribution >= 0.6 is 0 Å². The van der Waals surface area contributed by atoms with E-state index in [1.165, 1.54) is 0 Å². The Bertz CT molecular complexity index is 825. The number of anilines is 1. The van der Waals surface area contributed by atoms with Crippen LogP contribution in [0.25, 0.3) is 16.9 Å². The standard InChI is InChI=1S/C18H20N6O/c25-17-12-14(24-11-1-8-20-24)2-3-15(17)16-4-5-18(23-22-16)21-13-6-9-19-10-7-13/h1-5,8,11-13,19,25H,6-7,9-10H2,(H,21,23). The Kier molecular flexibility index (Phi) is 4.30. The summed E-state index contributed by atoms with van der Waals surface area (Å²) in [7, 11) is 0. The zero-order chi connectivity index (χ0) is 17.1. The lowest BCUT2D eigenvalue weighted by Crippen LogP contribution is -2.35. The molecule has 1 aliphatic rings. The van der Waals surface area contributed by atoms with Crippen LogP contribution in [0.2, 0.25) is 0 Å². The topological polar surface area (TPSA) is 87.9 Å². The first-order valence-electron chi connectivity index (χ1n) is 8.44. The van der Waals surface area contributed by atoms with Crippen LogP contribution in [0.3, 0.4) is 0 Å². The Labute approximate surface area is 145 Å². The minimum absolute atomic E-state index is 0.154. The van der Waals surface area contributed by atoms with E-state index < -0.39 is 0 Å². The van der Waals surface area contributed by atoms with Gasteiger partial charge in [-0.05, 0) is 56.3 Å². The molecule has 3 aromatic rings. The highest BCUT2D eigenvalue weighted by Gasteiger charge is 2.14. The molecule has 0 bridgehead atoms. The molecule has 0 atom stereocenters. The van der Waals surface area contributed by atoms with Gasteiger partial charge in [0.1, 0.15) is 11.6 Å². The predicted molar refractivity (Wildman–Crippen MR) is 95.8 cm³/mol. The van der Waals surface area contributed by atoms with Crippen molar-refractivity contribution in [2.24, 2.45) is 0 Å². The first-order valence-corrected chi connectivity index (χ1v) is 8.44. The summed E-state index contributed by atoms with van der Waals surface area (Å²) in [5, 5.41) is 29.8. The zero-order valence-electron chi connectivity index (χ0n) is 13.8. The molecule has 0 amide bonds. The first-order chi connectivity index (χ1) is 12.3. The quantitative estimate of drug-likeness (QED) is 0.677. The molecule has 0 saturated carbocycles. The van der Waals surface area contributed by atoms with Crippen molar-refractivity contribution in [1.29, 1.82) is 0 Å². The zero-order valence-corrected chi connectivity index (χ0v) is 13.8. The summed E-state index contributed by atoms with van der Waals surface area (Å²) >= 11 is 0. The third kappa shape index (κ3) is 3.46. The SMILES string of the molecule is Oc1cc(-n2cccn2)ccc1-c1ccc(NC2CCNCC2)nn1. The maximum atomic E-state index is 10.3. The van der Waals surface area contributed by atoms with E-state index in [2.05, 4.69) is 25.9 Å². The van der Waals surface area contributed by atoms with Crippen LogP contribution in [0.4, 0.5) is 5.82 Å². The Morgan fingerprint density at radius 1 is 1.12 bits per heavy atom. The molecule has 3 heterocycles. The van der Waals surface area contributed by atoms with Gasteiger partial charge in [0.15, 0.2) is 0 Å². The Balaban J connectivity index is 1.51. The third-order valence-electron chi connectivity index (χ3n) is 4.38. The second kappa shape index (κ2) is 6.90. The fourth-order valence-electron chi connectivity index (χ4n) is 3.03. The van der Waals surface area contributed by atoms with Crippen LogP contribution < -0.4 is 10.6 Å². The Morgan fingerprint density at radius 2 is 2.00 bits per heavy atom. The average Bonchev–Trinajstić information content (AvgIpc) is 3.18. The van der Waals surface area contributed by atoms with Crippen molar-refractivity contribution in [3.8, 4) is 22.7 Å². The number of nitrogens with one attached hydrogen (secondary N) is 2. The van der Waals surface area contributed by atoms with E-state index in [0.717, 1.165) is 37.4 Å². The van der Waals surface area contributed by atoms with E-state index in [-0.39, 0.29) is 5.75 Å². The van der Waals surface area contributed by atoms with Gasteiger partial charge >= 0.3 is 0 Å². The van der Waals surface area contributed by atoms with Crippen LogP contribution in [0.1, 0.15) is 12.8 Å². The molecule has 0 aliphatic carbocycles. The number of phenols is 1. The number of hydrogen-bond donors (Lipinski definition) is 3. The molecular weight excluding hydrogens is 316 g/mol. The molecule has 0 spiro atoms. The average molecular weight is 336 g/mol. The minimum atomic E-state index is 0.154. The summed E-state index contributed by atoms with van der Waals surface area (Å²) in [5.74, 6) is 0.921. The maximum Gasteiger partial charge on any atom is 0.148 e. The Hall–Kier alpha value is -2.93. The van der Waals surface area contributed by atoms with Crippen molar-refractivity contribution in [3.63, 3.8) is 0 Å². The fourth-order valence-corrected chi connectivity index (χ4v) is 3.03. The summed E-state index contributed by atoms with van der Waals surface area (Å²) in [6.07, 6.45) is 5.69. The number of piperidine rings is 1. The highest BCUT2D eigenvalue weighted by atomic mass is 16.3. The number of aromatic nitrogens is 4. The van der Waals surface area contributed by atoms with Crippen molar-refractivity contribution in [2.75, 3.05) is 18.4 Å². The number of nitrogens with zero attached hydrogens (tertiary/aromatic N) is 4. The monoisotopic (exact) mass is 336 g/mol. The van der Waals surface area contributed by atoms with Gasteiger partial charge in [0, 0.05) is 30.1 Å². The van der Waals surface area contributed by atoms with Crippen LogP contribution in [-0.4, -0.2) is 44.2 Å². The van der Waals surface area contributed by atoms with E-state index in [1.54, 1.807) is 16.9 Å². The maximum absolute atomic E-state index is 10.3. The lowest BCUT2D eigenvalue weighted by Gasteiger charge is -2.23. The lowest BCUT2D eigenvalue weighted by molar-refractivity contribution is 0.476. The number of phenolic OH excluding ortho intramolecular Hbond substituents is 1. The molecule has 3 N–H and O–H groups in total. The van der Waals surface area contributed by atoms with Crippen LogP contribution in [0, 0.1) is 0 Å². The van der Waals surface area contributed by atoms with E-state index in [9.17, 15) is 5.11 Å². The molecule has 2 aromatic heterocycles. The molecule has 1 saturated heterocycles. The second-order valence-corrected chi connectivity index (χ2v) is 6.12. The molecule has 7 nitrogen and oxygen atoms in total. The van der Waals surface area contributed by atoms with Gasteiger partial charge in [-0.1, -0.05) is 0 Å². The number of aromatic hydroxyl groups is 1. The number of benzene rings is 1.